The van der Waals surface area contributed by atoms with Gasteiger partial charge in [-0.15, -0.1) is 0 Å². The van der Waals surface area contributed by atoms with E-state index in [0.717, 1.165) is 30.2 Å². The number of nitrogens with one attached hydrogen (secondary N) is 1. The van der Waals surface area contributed by atoms with Crippen LogP contribution in [-0.4, -0.2) is 43.3 Å². The summed E-state index contributed by atoms with van der Waals surface area (Å²) >= 11 is 0. The monoisotopic (exact) mass is 341 g/mol. The maximum absolute atomic E-state index is 12.5. The Morgan fingerprint density at radius 2 is 1.92 bits per heavy atom. The van der Waals surface area contributed by atoms with Gasteiger partial charge in [-0.25, -0.2) is 0 Å². The molecule has 0 bridgehead atoms. The number of nitrogens with zero attached hydrogens (tertiary/aromatic N) is 2. The summed E-state index contributed by atoms with van der Waals surface area (Å²) in [5, 5.41) is 2.89. The van der Waals surface area contributed by atoms with E-state index < -0.39 is 0 Å². The molecule has 132 valence electrons. The molecule has 1 aromatic heterocycles. The molecule has 2 heterocycles. The number of hydrogen-bond donors (Lipinski definition) is 1. The highest BCUT2D eigenvalue weighted by Gasteiger charge is 2.14. The Morgan fingerprint density at radius 3 is 2.60 bits per heavy atom. The van der Waals surface area contributed by atoms with Crippen molar-refractivity contribution in [1.82, 2.24) is 4.98 Å². The van der Waals surface area contributed by atoms with Crippen molar-refractivity contribution in [2.75, 3.05) is 36.5 Å². The third kappa shape index (κ3) is 4.70. The van der Waals surface area contributed by atoms with Crippen LogP contribution < -0.4 is 15.0 Å². The third-order valence-corrected chi connectivity index (χ3v) is 3.85. The smallest absolute Gasteiger partial charge is 0.257 e. The summed E-state index contributed by atoms with van der Waals surface area (Å²) in [5.74, 6) is 0.601. The van der Waals surface area contributed by atoms with Crippen molar-refractivity contribution in [2.24, 2.45) is 0 Å². The zero-order valence-electron chi connectivity index (χ0n) is 14.6. The fourth-order valence-electron chi connectivity index (χ4n) is 2.64. The summed E-state index contributed by atoms with van der Waals surface area (Å²) in [7, 11) is 0. The predicted molar refractivity (Wildman–Crippen MR) is 97.4 cm³/mol. The summed E-state index contributed by atoms with van der Waals surface area (Å²) in [4.78, 5) is 18.9. The highest BCUT2D eigenvalue weighted by atomic mass is 16.5. The molecule has 0 radical (unpaired) electrons. The lowest BCUT2D eigenvalue weighted by atomic mass is 10.2. The first-order chi connectivity index (χ1) is 12.1. The molecule has 1 aromatic carbocycles. The lowest BCUT2D eigenvalue weighted by Crippen LogP contribution is -2.36. The van der Waals surface area contributed by atoms with E-state index in [1.165, 1.54) is 0 Å². The minimum Gasteiger partial charge on any atom is -0.491 e. The summed E-state index contributed by atoms with van der Waals surface area (Å²) in [6.07, 6.45) is 3.48. The lowest BCUT2D eigenvalue weighted by molar-refractivity contribution is 0.102. The standard InChI is InChI=1S/C19H23N3O3/c1-14(2)25-18-5-3-16(4-6-18)21-19(23)15-11-17(13-20-12-15)22-7-9-24-10-8-22/h3-6,11-14H,7-10H2,1-2H3,(H,21,23). The van der Waals surface area contributed by atoms with Gasteiger partial charge in [0, 0.05) is 25.0 Å². The lowest BCUT2D eigenvalue weighted by Gasteiger charge is -2.28. The Balaban J connectivity index is 1.66. The molecular weight excluding hydrogens is 318 g/mol. The van der Waals surface area contributed by atoms with Crippen LogP contribution >= 0.6 is 0 Å². The summed E-state index contributed by atoms with van der Waals surface area (Å²) < 4.78 is 11.0. The number of anilines is 2. The van der Waals surface area contributed by atoms with Crippen LogP contribution in [0.5, 0.6) is 5.75 Å². The van der Waals surface area contributed by atoms with Crippen molar-refractivity contribution < 1.29 is 14.3 Å². The molecule has 0 saturated carbocycles. The zero-order valence-corrected chi connectivity index (χ0v) is 14.6. The topological polar surface area (TPSA) is 63.7 Å². The molecule has 0 aliphatic carbocycles. The molecule has 3 rings (SSSR count). The number of ether oxygens (including phenoxy) is 2. The van der Waals surface area contributed by atoms with Crippen molar-refractivity contribution >= 4 is 17.3 Å². The van der Waals surface area contributed by atoms with Crippen LogP contribution in [0.15, 0.2) is 42.7 Å². The summed E-state index contributed by atoms with van der Waals surface area (Å²) in [5.41, 5.74) is 2.20. The molecule has 6 nitrogen and oxygen atoms in total. The van der Waals surface area contributed by atoms with E-state index in [1.807, 2.05) is 44.2 Å². The molecule has 1 aliphatic rings. The fourth-order valence-corrected chi connectivity index (χ4v) is 2.64. The molecule has 1 amide bonds. The van der Waals surface area contributed by atoms with Crippen LogP contribution in [0.2, 0.25) is 0 Å². The summed E-state index contributed by atoms with van der Waals surface area (Å²) in [6, 6.07) is 9.21. The SMILES string of the molecule is CC(C)Oc1ccc(NC(=O)c2cncc(N3CCOCC3)c2)cc1. The molecule has 0 spiro atoms. The van der Waals surface area contributed by atoms with Crippen molar-refractivity contribution in [3.05, 3.63) is 48.3 Å². The van der Waals surface area contributed by atoms with Gasteiger partial charge in [0.2, 0.25) is 0 Å². The minimum absolute atomic E-state index is 0.120. The maximum Gasteiger partial charge on any atom is 0.257 e. The number of hydrogen-bond acceptors (Lipinski definition) is 5. The molecule has 0 atom stereocenters. The molecule has 1 aliphatic heterocycles. The Kier molecular flexibility index (Phi) is 5.50. The van der Waals surface area contributed by atoms with E-state index >= 15 is 0 Å². The van der Waals surface area contributed by atoms with E-state index in [-0.39, 0.29) is 12.0 Å². The van der Waals surface area contributed by atoms with Crippen molar-refractivity contribution in [3.8, 4) is 5.75 Å². The molecule has 6 heteroatoms. The van der Waals surface area contributed by atoms with E-state index in [2.05, 4.69) is 15.2 Å². The Bertz CT molecular complexity index is 710. The number of benzene rings is 1. The first-order valence-corrected chi connectivity index (χ1v) is 8.47. The highest BCUT2D eigenvalue weighted by molar-refractivity contribution is 6.04. The van der Waals surface area contributed by atoms with Crippen LogP contribution in [0.3, 0.4) is 0 Å². The van der Waals surface area contributed by atoms with Gasteiger partial charge in [0.15, 0.2) is 0 Å². The average molecular weight is 341 g/mol. The number of carbonyl (C=O) groups is 1. The molecule has 1 N–H and O–H groups in total. The van der Waals surface area contributed by atoms with Gasteiger partial charge in [0.1, 0.15) is 5.75 Å². The van der Waals surface area contributed by atoms with E-state index in [1.54, 1.807) is 12.4 Å². The molecular formula is C19H23N3O3. The van der Waals surface area contributed by atoms with Crippen LogP contribution in [0.25, 0.3) is 0 Å². The summed E-state index contributed by atoms with van der Waals surface area (Å²) in [6.45, 7) is 6.96. The number of aromatic nitrogens is 1. The molecule has 2 aromatic rings. The quantitative estimate of drug-likeness (QED) is 0.906. The van der Waals surface area contributed by atoms with Crippen LogP contribution in [0.4, 0.5) is 11.4 Å². The molecule has 1 saturated heterocycles. The van der Waals surface area contributed by atoms with E-state index in [0.29, 0.717) is 18.8 Å². The highest BCUT2D eigenvalue weighted by Crippen LogP contribution is 2.19. The first-order valence-electron chi connectivity index (χ1n) is 8.47. The van der Waals surface area contributed by atoms with Crippen molar-refractivity contribution in [2.45, 2.75) is 20.0 Å². The molecule has 1 fully saturated rings. The van der Waals surface area contributed by atoms with Crippen molar-refractivity contribution in [3.63, 3.8) is 0 Å². The van der Waals surface area contributed by atoms with Gasteiger partial charge >= 0.3 is 0 Å². The first kappa shape index (κ1) is 17.2. The Morgan fingerprint density at radius 1 is 1.20 bits per heavy atom. The van der Waals surface area contributed by atoms with Gasteiger partial charge in [-0.3, -0.25) is 9.78 Å². The second-order valence-electron chi connectivity index (χ2n) is 6.18. The van der Waals surface area contributed by atoms with Crippen molar-refractivity contribution in [1.29, 1.82) is 0 Å². The third-order valence-electron chi connectivity index (χ3n) is 3.85. The van der Waals surface area contributed by atoms with Gasteiger partial charge in [0.05, 0.1) is 36.8 Å². The van der Waals surface area contributed by atoms with Gasteiger partial charge in [-0.2, -0.15) is 0 Å². The van der Waals surface area contributed by atoms with Gasteiger partial charge in [0.25, 0.3) is 5.91 Å². The Labute approximate surface area is 147 Å². The van der Waals surface area contributed by atoms with Crippen LogP contribution in [-0.2, 0) is 4.74 Å². The van der Waals surface area contributed by atoms with Crippen LogP contribution in [0, 0.1) is 0 Å². The van der Waals surface area contributed by atoms with Gasteiger partial charge in [-0.05, 0) is 44.2 Å². The second-order valence-corrected chi connectivity index (χ2v) is 6.18. The number of amides is 1. The maximum atomic E-state index is 12.5. The second kappa shape index (κ2) is 7.98. The fraction of sp³-hybridized carbons (Fsp3) is 0.368. The minimum atomic E-state index is -0.180. The number of pyridine rings is 1. The normalized spacial score (nSPS) is 14.4. The van der Waals surface area contributed by atoms with E-state index in [4.69, 9.17) is 9.47 Å². The predicted octanol–water partition coefficient (Wildman–Crippen LogP) is 2.96. The van der Waals surface area contributed by atoms with Crippen LogP contribution in [0.1, 0.15) is 24.2 Å². The van der Waals surface area contributed by atoms with Gasteiger partial charge in [-0.1, -0.05) is 0 Å². The molecule has 25 heavy (non-hydrogen) atoms. The number of rotatable bonds is 5. The van der Waals surface area contributed by atoms with Gasteiger partial charge < -0.3 is 19.7 Å². The molecule has 0 unspecified atom stereocenters. The zero-order chi connectivity index (χ0) is 17.6. The Hall–Kier alpha value is -2.60. The number of carbonyl (C=O) groups excluding carboxylic acids is 1. The van der Waals surface area contributed by atoms with E-state index in [9.17, 15) is 4.79 Å². The largest absolute Gasteiger partial charge is 0.491 e. The number of morpholine rings is 1. The average Bonchev–Trinajstić information content (AvgIpc) is 2.64.